The quantitative estimate of drug-likeness (QED) is 0.389. The lowest BCUT2D eigenvalue weighted by Gasteiger charge is -2.23. The van der Waals surface area contributed by atoms with Crippen molar-refractivity contribution < 1.29 is 30.5 Å². The summed E-state index contributed by atoms with van der Waals surface area (Å²) in [5.41, 5.74) is -3.27. The van der Waals surface area contributed by atoms with E-state index >= 15 is 4.39 Å². The van der Waals surface area contributed by atoms with Gasteiger partial charge < -0.3 is 14.6 Å². The zero-order valence-corrected chi connectivity index (χ0v) is 21.3. The fourth-order valence-electron chi connectivity index (χ4n) is 3.89. The van der Waals surface area contributed by atoms with E-state index in [4.69, 9.17) is 23.8 Å². The van der Waals surface area contributed by atoms with Crippen LogP contribution in [0.15, 0.2) is 41.6 Å². The fraction of sp³-hybridized carbons (Fsp3) is 0.269. The van der Waals surface area contributed by atoms with Crippen molar-refractivity contribution in [2.45, 2.75) is 39.0 Å². The van der Waals surface area contributed by atoms with Crippen molar-refractivity contribution in [3.8, 4) is 22.8 Å². The zero-order chi connectivity index (χ0) is 29.7. The summed E-state index contributed by atoms with van der Waals surface area (Å²) in [6.07, 6.45) is 3.51. The number of hydrogen-bond donors (Lipinski definition) is 1. The molecule has 9 nitrogen and oxygen atoms in total. The molecule has 4 aromatic rings. The Kier molecular flexibility index (Phi) is 6.43. The second-order valence-corrected chi connectivity index (χ2v) is 9.44. The first-order chi connectivity index (χ1) is 19.3. The lowest BCUT2D eigenvalue weighted by Crippen LogP contribution is -2.28. The first-order valence-corrected chi connectivity index (χ1v) is 11.9. The number of fused-ring (bicyclic) bond motifs is 3. The Hall–Kier alpha value is -3.87. The molecule has 0 saturated carbocycles. The van der Waals surface area contributed by atoms with Crippen LogP contribution in [0.2, 0.25) is 5.02 Å². The van der Waals surface area contributed by atoms with E-state index in [1.165, 1.54) is 32.3 Å². The molecular weight excluding hydrogens is 539 g/mol. The minimum atomic E-state index is -2.97. The van der Waals surface area contributed by atoms with Gasteiger partial charge in [-0.15, -0.1) is 0 Å². The fourth-order valence-corrected chi connectivity index (χ4v) is 4.07. The number of nitrogens with zero attached hydrogens (tertiary/aromatic N) is 5. The van der Waals surface area contributed by atoms with Crippen LogP contribution >= 0.6 is 11.6 Å². The Morgan fingerprint density at radius 3 is 2.77 bits per heavy atom. The highest BCUT2D eigenvalue weighted by Gasteiger charge is 2.27. The number of ether oxygens (including phenoxy) is 2. The van der Waals surface area contributed by atoms with Gasteiger partial charge in [0.15, 0.2) is 17.5 Å². The number of halogens is 4. The maximum Gasteiger partial charge on any atom is 0.278 e. The highest BCUT2D eigenvalue weighted by atomic mass is 35.5. The molecule has 0 bridgehead atoms. The number of aliphatic hydroxyl groups is 1. The summed E-state index contributed by atoms with van der Waals surface area (Å²) in [4.78, 5) is 29.5. The SMILES string of the molecule is [2H]C([2H])(Oc1cc2n(c(=O)c1Cl)-c1c(cnc(-c3ccnc(C(C)(C)O)n3)c1F)CCOC2)c1ncc(F)cc1F. The predicted molar refractivity (Wildman–Crippen MR) is 133 cm³/mol. The Balaban J connectivity index is 1.65. The summed E-state index contributed by atoms with van der Waals surface area (Å²) in [5.74, 6) is -3.72. The molecule has 0 aromatic carbocycles. The van der Waals surface area contributed by atoms with E-state index in [9.17, 15) is 18.7 Å². The molecule has 0 fully saturated rings. The van der Waals surface area contributed by atoms with Crippen LogP contribution in [-0.2, 0) is 29.9 Å². The highest BCUT2D eigenvalue weighted by molar-refractivity contribution is 6.31. The largest absolute Gasteiger partial charge is 0.485 e. The van der Waals surface area contributed by atoms with Crippen LogP contribution in [0, 0.1) is 17.5 Å². The average Bonchev–Trinajstić information content (AvgIpc) is 2.88. The Morgan fingerprint density at radius 2 is 2.03 bits per heavy atom. The third kappa shape index (κ3) is 5.22. The zero-order valence-electron chi connectivity index (χ0n) is 22.5. The van der Waals surface area contributed by atoms with Crippen molar-refractivity contribution in [2.75, 3.05) is 6.61 Å². The number of pyridine rings is 3. The molecule has 4 aromatic heterocycles. The maximum atomic E-state index is 16.2. The van der Waals surface area contributed by atoms with Crippen LogP contribution in [0.25, 0.3) is 17.1 Å². The molecule has 0 spiro atoms. The molecular formula is C26H21ClF3N5O4. The van der Waals surface area contributed by atoms with Gasteiger partial charge in [0.2, 0.25) is 0 Å². The van der Waals surface area contributed by atoms with Gasteiger partial charge in [0.1, 0.15) is 40.1 Å². The third-order valence-electron chi connectivity index (χ3n) is 5.76. The van der Waals surface area contributed by atoms with Crippen LogP contribution in [0.4, 0.5) is 13.2 Å². The van der Waals surface area contributed by atoms with Crippen LogP contribution in [-0.4, -0.2) is 36.2 Å². The summed E-state index contributed by atoms with van der Waals surface area (Å²) in [5, 5.41) is 9.66. The monoisotopic (exact) mass is 561 g/mol. The van der Waals surface area contributed by atoms with Gasteiger partial charge in [-0.1, -0.05) is 11.6 Å². The molecule has 0 atom stereocenters. The van der Waals surface area contributed by atoms with Gasteiger partial charge in [-0.25, -0.2) is 23.1 Å². The van der Waals surface area contributed by atoms with Crippen LogP contribution in [0.3, 0.4) is 0 Å². The average molecular weight is 562 g/mol. The lowest BCUT2D eigenvalue weighted by atomic mass is 10.1. The molecule has 0 saturated heterocycles. The molecule has 0 aliphatic carbocycles. The van der Waals surface area contributed by atoms with Gasteiger partial charge in [-0.05, 0) is 31.9 Å². The lowest BCUT2D eigenvalue weighted by molar-refractivity contribution is 0.0688. The van der Waals surface area contributed by atoms with Crippen molar-refractivity contribution in [1.82, 2.24) is 24.5 Å². The smallest absolute Gasteiger partial charge is 0.278 e. The maximum absolute atomic E-state index is 16.2. The van der Waals surface area contributed by atoms with Crippen molar-refractivity contribution >= 4 is 11.6 Å². The molecule has 5 heterocycles. The first-order valence-electron chi connectivity index (χ1n) is 12.5. The minimum Gasteiger partial charge on any atom is -0.485 e. The standard InChI is InChI=1S/C26H21ClF3N5O4/c1-26(2,37)25-31-5-3-17(34-25)22-21(30)23-13(9-33-22)4-6-38-11-15-8-19(20(27)24(36)35(15)23)39-12-18-16(29)7-14(28)10-32-18/h3,5,7-10,37H,4,6,11-12H2,1-2H3/i12D2. The Bertz CT molecular complexity index is 1730. The normalized spacial score (nSPS) is 14.4. The molecule has 0 unspecified atom stereocenters. The predicted octanol–water partition coefficient (Wildman–Crippen LogP) is 4.03. The molecule has 202 valence electrons. The highest BCUT2D eigenvalue weighted by Crippen LogP contribution is 2.32. The number of rotatable bonds is 5. The summed E-state index contributed by atoms with van der Waals surface area (Å²) in [7, 11) is 0. The van der Waals surface area contributed by atoms with Crippen molar-refractivity contribution in [3.63, 3.8) is 0 Å². The van der Waals surface area contributed by atoms with Crippen molar-refractivity contribution in [1.29, 1.82) is 0 Å². The second-order valence-electron chi connectivity index (χ2n) is 9.06. The summed E-state index contributed by atoms with van der Waals surface area (Å²) >= 11 is 6.30. The van der Waals surface area contributed by atoms with Gasteiger partial charge in [-0.3, -0.25) is 19.3 Å². The molecule has 1 aliphatic rings. The van der Waals surface area contributed by atoms with Crippen molar-refractivity contribution in [3.05, 3.63) is 92.4 Å². The van der Waals surface area contributed by atoms with Crippen LogP contribution in [0.1, 0.15) is 39.4 Å². The Morgan fingerprint density at radius 1 is 1.23 bits per heavy atom. The minimum absolute atomic E-state index is 0.0279. The second kappa shape index (κ2) is 10.4. The summed E-state index contributed by atoms with van der Waals surface area (Å²) in [6.45, 7) is -0.126. The first kappa shape index (κ1) is 24.2. The summed E-state index contributed by atoms with van der Waals surface area (Å²) in [6, 6.07) is 2.99. The molecule has 1 aliphatic heterocycles. The summed E-state index contributed by atoms with van der Waals surface area (Å²) < 4.78 is 72.0. The van der Waals surface area contributed by atoms with Gasteiger partial charge in [0.25, 0.3) is 5.56 Å². The van der Waals surface area contributed by atoms with Gasteiger partial charge >= 0.3 is 0 Å². The number of aromatic nitrogens is 5. The topological polar surface area (TPSA) is 112 Å². The van der Waals surface area contributed by atoms with Gasteiger partial charge in [0.05, 0.1) is 39.2 Å². The van der Waals surface area contributed by atoms with Crippen LogP contribution < -0.4 is 10.3 Å². The van der Waals surface area contributed by atoms with E-state index in [1.807, 2.05) is 0 Å². The third-order valence-corrected chi connectivity index (χ3v) is 6.11. The van der Waals surface area contributed by atoms with Crippen LogP contribution in [0.5, 0.6) is 5.75 Å². The molecule has 13 heteroatoms. The Labute approximate surface area is 227 Å². The van der Waals surface area contributed by atoms with Gasteiger partial charge in [0, 0.05) is 24.5 Å². The van der Waals surface area contributed by atoms with E-state index in [1.54, 1.807) is 0 Å². The van der Waals surface area contributed by atoms with Gasteiger partial charge in [-0.2, -0.15) is 0 Å². The number of hydrogen-bond acceptors (Lipinski definition) is 8. The van der Waals surface area contributed by atoms with E-state index < -0.39 is 51.6 Å². The van der Waals surface area contributed by atoms with E-state index in [0.717, 1.165) is 10.6 Å². The molecule has 39 heavy (non-hydrogen) atoms. The molecule has 1 N–H and O–H groups in total. The van der Waals surface area contributed by atoms with E-state index in [2.05, 4.69) is 19.9 Å². The molecule has 0 radical (unpaired) electrons. The van der Waals surface area contributed by atoms with E-state index in [-0.39, 0.29) is 48.2 Å². The van der Waals surface area contributed by atoms with Crippen molar-refractivity contribution in [2.24, 2.45) is 0 Å². The molecule has 5 rings (SSSR count). The molecule has 0 amide bonds. The van der Waals surface area contributed by atoms with E-state index in [0.29, 0.717) is 17.8 Å².